The van der Waals surface area contributed by atoms with Gasteiger partial charge in [-0.3, -0.25) is 0 Å². The maximum Gasteiger partial charge on any atom is 0.135 e. The SMILES string of the molecule is CC1(C)c2ccccc2-c2ccc(N(c3cc(-c4ccccc4)cc(-c4ccccc4)c3)c3ccc4cc(-c5ccc6oc7ccccc7c6c5)ccc4c3)cc21. The van der Waals surface area contributed by atoms with Gasteiger partial charge in [0.2, 0.25) is 0 Å². The largest absolute Gasteiger partial charge is 0.456 e. The molecule has 0 fully saturated rings. The van der Waals surface area contributed by atoms with Gasteiger partial charge in [0.15, 0.2) is 0 Å². The molecule has 0 spiro atoms. The van der Waals surface area contributed by atoms with Gasteiger partial charge in [-0.15, -0.1) is 0 Å². The van der Waals surface area contributed by atoms with E-state index in [4.69, 9.17) is 4.42 Å². The molecule has 0 radical (unpaired) electrons. The average Bonchev–Trinajstić information content (AvgIpc) is 3.75. The van der Waals surface area contributed by atoms with E-state index in [1.54, 1.807) is 0 Å². The molecule has 11 rings (SSSR count). The number of fused-ring (bicyclic) bond motifs is 7. The van der Waals surface area contributed by atoms with Gasteiger partial charge in [-0.1, -0.05) is 147 Å². The van der Waals surface area contributed by atoms with Crippen molar-refractivity contribution >= 4 is 49.8 Å². The minimum atomic E-state index is -0.125. The fourth-order valence-electron chi connectivity index (χ4n) is 9.07. The molecule has 2 heteroatoms. The highest BCUT2D eigenvalue weighted by Gasteiger charge is 2.35. The molecule has 1 aliphatic carbocycles. The maximum absolute atomic E-state index is 6.13. The molecule has 0 bridgehead atoms. The fraction of sp³-hybridized carbons (Fsp3) is 0.0545. The second-order valence-electron chi connectivity index (χ2n) is 15.8. The molecule has 1 heterocycles. The molecule has 1 aromatic heterocycles. The first-order chi connectivity index (χ1) is 28.0. The van der Waals surface area contributed by atoms with Crippen molar-refractivity contribution in [2.75, 3.05) is 4.90 Å². The summed E-state index contributed by atoms with van der Waals surface area (Å²) in [6.45, 7) is 4.71. The molecule has 0 N–H and O–H groups in total. The molecule has 0 amide bonds. The van der Waals surface area contributed by atoms with E-state index >= 15 is 0 Å². The number of hydrogen-bond acceptors (Lipinski definition) is 2. The number of benzene rings is 9. The van der Waals surface area contributed by atoms with E-state index in [2.05, 4.69) is 207 Å². The van der Waals surface area contributed by atoms with Gasteiger partial charge in [-0.2, -0.15) is 0 Å². The van der Waals surface area contributed by atoms with Crippen LogP contribution in [-0.2, 0) is 5.41 Å². The molecule has 0 unspecified atom stereocenters. The summed E-state index contributed by atoms with van der Waals surface area (Å²) in [5.41, 5.74) is 17.5. The molecule has 1 aliphatic rings. The fourth-order valence-corrected chi connectivity index (χ4v) is 9.07. The molecule has 57 heavy (non-hydrogen) atoms. The van der Waals surface area contributed by atoms with Gasteiger partial charge in [-0.25, -0.2) is 0 Å². The summed E-state index contributed by atoms with van der Waals surface area (Å²) >= 11 is 0. The Morgan fingerprint density at radius 1 is 0.351 bits per heavy atom. The number of nitrogens with zero attached hydrogens (tertiary/aromatic N) is 1. The molecule has 270 valence electrons. The Kier molecular flexibility index (Phi) is 7.55. The monoisotopic (exact) mass is 729 g/mol. The molecule has 10 aromatic rings. The summed E-state index contributed by atoms with van der Waals surface area (Å²) in [5, 5.41) is 4.67. The molecule has 0 atom stereocenters. The third kappa shape index (κ3) is 5.56. The van der Waals surface area contributed by atoms with Gasteiger partial charge < -0.3 is 9.32 Å². The van der Waals surface area contributed by atoms with Crippen molar-refractivity contribution in [3.05, 3.63) is 211 Å². The van der Waals surface area contributed by atoms with Crippen LogP contribution in [0.15, 0.2) is 205 Å². The Hall–Kier alpha value is -7.16. The lowest BCUT2D eigenvalue weighted by atomic mass is 9.82. The van der Waals surface area contributed by atoms with Crippen LogP contribution in [0, 0.1) is 0 Å². The Morgan fingerprint density at radius 3 is 1.72 bits per heavy atom. The van der Waals surface area contributed by atoms with Crippen LogP contribution in [0.2, 0.25) is 0 Å². The van der Waals surface area contributed by atoms with Gasteiger partial charge in [0.05, 0.1) is 0 Å². The summed E-state index contributed by atoms with van der Waals surface area (Å²) in [6.07, 6.45) is 0. The topological polar surface area (TPSA) is 16.4 Å². The molecule has 0 saturated heterocycles. The predicted octanol–water partition coefficient (Wildman–Crippen LogP) is 15.5. The van der Waals surface area contributed by atoms with Crippen LogP contribution >= 0.6 is 0 Å². The number of para-hydroxylation sites is 1. The van der Waals surface area contributed by atoms with E-state index in [0.717, 1.165) is 39.0 Å². The average molecular weight is 730 g/mol. The first kappa shape index (κ1) is 33.2. The van der Waals surface area contributed by atoms with Gasteiger partial charge in [-0.05, 0) is 133 Å². The zero-order valence-corrected chi connectivity index (χ0v) is 31.9. The standard InChI is InChI=1S/C55H39NO/c1-55(2)51-19-11-9-17-47(51)48-27-26-45(35-52(48)55)56(46-32-42(36-13-5-3-6-14-36)30-43(33-46)37-15-7-4-8-16-37)44-25-23-39-29-38(21-22-40(39)31-44)41-24-28-54-50(34-41)49-18-10-12-20-53(49)57-54/h3-35H,1-2H3. The summed E-state index contributed by atoms with van der Waals surface area (Å²) in [5.74, 6) is 0. The summed E-state index contributed by atoms with van der Waals surface area (Å²) in [7, 11) is 0. The van der Waals surface area contributed by atoms with Crippen molar-refractivity contribution < 1.29 is 4.42 Å². The van der Waals surface area contributed by atoms with Crippen LogP contribution in [0.5, 0.6) is 0 Å². The minimum Gasteiger partial charge on any atom is -0.456 e. The van der Waals surface area contributed by atoms with Crippen LogP contribution in [0.1, 0.15) is 25.0 Å². The number of rotatable bonds is 6. The van der Waals surface area contributed by atoms with Crippen molar-refractivity contribution in [3.8, 4) is 44.5 Å². The van der Waals surface area contributed by atoms with Crippen LogP contribution in [0.4, 0.5) is 17.1 Å². The smallest absolute Gasteiger partial charge is 0.135 e. The third-order valence-electron chi connectivity index (χ3n) is 12.0. The van der Waals surface area contributed by atoms with Crippen molar-refractivity contribution in [1.29, 1.82) is 0 Å². The van der Waals surface area contributed by atoms with Crippen molar-refractivity contribution in [3.63, 3.8) is 0 Å². The van der Waals surface area contributed by atoms with Gasteiger partial charge in [0.25, 0.3) is 0 Å². The molecular weight excluding hydrogens is 691 g/mol. The maximum atomic E-state index is 6.13. The Labute approximate surface area is 332 Å². The predicted molar refractivity (Wildman–Crippen MR) is 240 cm³/mol. The zero-order valence-electron chi connectivity index (χ0n) is 31.9. The lowest BCUT2D eigenvalue weighted by Gasteiger charge is -2.29. The van der Waals surface area contributed by atoms with E-state index < -0.39 is 0 Å². The second-order valence-corrected chi connectivity index (χ2v) is 15.8. The lowest BCUT2D eigenvalue weighted by Crippen LogP contribution is -2.16. The van der Waals surface area contributed by atoms with Crippen molar-refractivity contribution in [1.82, 2.24) is 0 Å². The van der Waals surface area contributed by atoms with Gasteiger partial charge in [0, 0.05) is 33.2 Å². The summed E-state index contributed by atoms with van der Waals surface area (Å²) in [4.78, 5) is 2.45. The Morgan fingerprint density at radius 2 is 0.930 bits per heavy atom. The summed E-state index contributed by atoms with van der Waals surface area (Å²) < 4.78 is 6.13. The number of anilines is 3. The van der Waals surface area contributed by atoms with Gasteiger partial charge in [0.1, 0.15) is 11.2 Å². The molecule has 2 nitrogen and oxygen atoms in total. The first-order valence-corrected chi connectivity index (χ1v) is 19.7. The van der Waals surface area contributed by atoms with E-state index in [1.807, 2.05) is 12.1 Å². The zero-order chi connectivity index (χ0) is 38.1. The van der Waals surface area contributed by atoms with Crippen molar-refractivity contribution in [2.45, 2.75) is 19.3 Å². The normalized spacial score (nSPS) is 12.9. The highest BCUT2D eigenvalue weighted by Crippen LogP contribution is 2.51. The van der Waals surface area contributed by atoms with Crippen LogP contribution < -0.4 is 4.90 Å². The highest BCUT2D eigenvalue weighted by atomic mass is 16.3. The molecular formula is C55H39NO. The molecule has 9 aromatic carbocycles. The quantitative estimate of drug-likeness (QED) is 0.169. The van der Waals surface area contributed by atoms with E-state index in [0.29, 0.717) is 0 Å². The highest BCUT2D eigenvalue weighted by molar-refractivity contribution is 6.06. The van der Waals surface area contributed by atoms with Crippen LogP contribution in [0.3, 0.4) is 0 Å². The van der Waals surface area contributed by atoms with E-state index in [-0.39, 0.29) is 5.41 Å². The Bertz CT molecular complexity index is 3100. The van der Waals surface area contributed by atoms with Crippen molar-refractivity contribution in [2.24, 2.45) is 0 Å². The van der Waals surface area contributed by atoms with E-state index in [9.17, 15) is 0 Å². The first-order valence-electron chi connectivity index (χ1n) is 19.7. The van der Waals surface area contributed by atoms with E-state index in [1.165, 1.54) is 66.4 Å². The minimum absolute atomic E-state index is 0.125. The second kappa shape index (κ2) is 13.0. The van der Waals surface area contributed by atoms with Crippen LogP contribution in [-0.4, -0.2) is 0 Å². The third-order valence-corrected chi connectivity index (χ3v) is 12.0. The van der Waals surface area contributed by atoms with Crippen LogP contribution in [0.25, 0.3) is 77.2 Å². The number of furan rings is 1. The van der Waals surface area contributed by atoms with Gasteiger partial charge >= 0.3 is 0 Å². The number of hydrogen-bond donors (Lipinski definition) is 0. The lowest BCUT2D eigenvalue weighted by molar-refractivity contribution is 0.660. The molecule has 0 saturated carbocycles. The molecule has 0 aliphatic heterocycles. The summed E-state index contributed by atoms with van der Waals surface area (Å²) in [6, 6.07) is 72.9. The Balaban J connectivity index is 1.08.